The van der Waals surface area contributed by atoms with E-state index in [9.17, 15) is 22.8 Å². The lowest BCUT2D eigenvalue weighted by Gasteiger charge is -2.38. The molecule has 0 N–H and O–H groups in total. The van der Waals surface area contributed by atoms with Gasteiger partial charge in [0, 0.05) is 19.6 Å². The zero-order valence-corrected chi connectivity index (χ0v) is 16.5. The molecule has 158 valence electrons. The van der Waals surface area contributed by atoms with Crippen molar-refractivity contribution in [1.29, 1.82) is 0 Å². The minimum atomic E-state index is -4.89. The second-order valence-corrected chi connectivity index (χ2v) is 8.75. The number of rotatable bonds is 2. The van der Waals surface area contributed by atoms with Crippen molar-refractivity contribution in [3.05, 3.63) is 28.8 Å². The van der Waals surface area contributed by atoms with Crippen LogP contribution in [0.25, 0.3) is 0 Å². The number of ether oxygens (including phenoxy) is 2. The van der Waals surface area contributed by atoms with E-state index in [1.807, 2.05) is 0 Å². The zero-order valence-electron chi connectivity index (χ0n) is 16.5. The molecular weight excluding hydrogens is 389 g/mol. The van der Waals surface area contributed by atoms with Gasteiger partial charge in [0.05, 0.1) is 11.6 Å². The van der Waals surface area contributed by atoms with Crippen LogP contribution in [0.2, 0.25) is 0 Å². The second kappa shape index (κ2) is 6.53. The topological polar surface area (TPSA) is 59.1 Å². The van der Waals surface area contributed by atoms with Crippen LogP contribution in [0.5, 0.6) is 5.75 Å². The van der Waals surface area contributed by atoms with Crippen molar-refractivity contribution in [3.8, 4) is 5.75 Å². The molecule has 2 aliphatic heterocycles. The highest BCUT2D eigenvalue weighted by atomic mass is 19.4. The Morgan fingerprint density at radius 1 is 1.14 bits per heavy atom. The van der Waals surface area contributed by atoms with Crippen LogP contribution < -0.4 is 4.74 Å². The van der Waals surface area contributed by atoms with Gasteiger partial charge in [0.1, 0.15) is 11.4 Å². The van der Waals surface area contributed by atoms with Gasteiger partial charge < -0.3 is 19.3 Å². The number of piperazine rings is 1. The van der Waals surface area contributed by atoms with E-state index in [4.69, 9.17) is 4.74 Å². The Kier molecular flexibility index (Phi) is 4.47. The van der Waals surface area contributed by atoms with Crippen LogP contribution in [0.4, 0.5) is 18.0 Å². The average molecular weight is 412 g/mol. The van der Waals surface area contributed by atoms with Gasteiger partial charge in [0.25, 0.3) is 5.91 Å². The number of benzene rings is 1. The van der Waals surface area contributed by atoms with Gasteiger partial charge in [-0.15, -0.1) is 13.2 Å². The Labute approximate surface area is 166 Å². The number of alkyl halides is 3. The molecule has 1 aliphatic carbocycles. The van der Waals surface area contributed by atoms with Crippen LogP contribution in [0, 0.1) is 0 Å². The standard InChI is InChI=1S/C20H23F3N2O4/c1-19(2,3)29-18(27)24-6-7-25-14(10-24)13-8-12(11-4-5-11)9-15(16(13)17(25)26)28-20(21,22)23/h8-9,11,14H,4-7,10H2,1-3H3. The summed E-state index contributed by atoms with van der Waals surface area (Å²) in [6.45, 7) is 5.94. The second-order valence-electron chi connectivity index (χ2n) is 8.75. The average Bonchev–Trinajstić information content (AvgIpc) is 3.38. The van der Waals surface area contributed by atoms with Gasteiger partial charge >= 0.3 is 12.5 Å². The first kappa shape index (κ1) is 19.8. The maximum absolute atomic E-state index is 13.0. The number of fused-ring (bicyclic) bond motifs is 3. The quantitative estimate of drug-likeness (QED) is 0.730. The summed E-state index contributed by atoms with van der Waals surface area (Å²) in [5, 5.41) is 0. The Bertz CT molecular complexity index is 859. The van der Waals surface area contributed by atoms with Gasteiger partial charge in [-0.1, -0.05) is 6.07 Å². The Hall–Kier alpha value is -2.45. The summed E-state index contributed by atoms with van der Waals surface area (Å²) in [7, 11) is 0. The summed E-state index contributed by atoms with van der Waals surface area (Å²) >= 11 is 0. The summed E-state index contributed by atoms with van der Waals surface area (Å²) in [6.07, 6.45) is -3.59. The fraction of sp³-hybridized carbons (Fsp3) is 0.600. The first-order valence-electron chi connectivity index (χ1n) is 9.65. The molecule has 1 unspecified atom stereocenters. The number of carbonyl (C=O) groups is 2. The molecule has 0 bridgehead atoms. The van der Waals surface area contributed by atoms with Crippen molar-refractivity contribution in [1.82, 2.24) is 9.80 Å². The van der Waals surface area contributed by atoms with Crippen LogP contribution in [-0.4, -0.2) is 53.4 Å². The Balaban J connectivity index is 1.68. The monoisotopic (exact) mass is 412 g/mol. The molecule has 1 atom stereocenters. The van der Waals surface area contributed by atoms with Crippen molar-refractivity contribution in [2.45, 2.75) is 57.5 Å². The third-order valence-electron chi connectivity index (χ3n) is 5.30. The number of halogens is 3. The van der Waals surface area contributed by atoms with Crippen LogP contribution in [0.15, 0.2) is 12.1 Å². The van der Waals surface area contributed by atoms with Gasteiger partial charge in [-0.25, -0.2) is 4.79 Å². The van der Waals surface area contributed by atoms with Crippen molar-refractivity contribution in [3.63, 3.8) is 0 Å². The number of carbonyl (C=O) groups excluding carboxylic acids is 2. The predicted octanol–water partition coefficient (Wildman–Crippen LogP) is 4.21. The minimum Gasteiger partial charge on any atom is -0.444 e. The first-order chi connectivity index (χ1) is 13.4. The van der Waals surface area contributed by atoms with Gasteiger partial charge in [-0.3, -0.25) is 4.79 Å². The van der Waals surface area contributed by atoms with E-state index >= 15 is 0 Å². The molecule has 0 spiro atoms. The molecule has 29 heavy (non-hydrogen) atoms. The highest BCUT2D eigenvalue weighted by Gasteiger charge is 2.46. The summed E-state index contributed by atoms with van der Waals surface area (Å²) in [5.41, 5.74) is 0.520. The largest absolute Gasteiger partial charge is 0.573 e. The molecule has 1 saturated heterocycles. The maximum Gasteiger partial charge on any atom is 0.573 e. The van der Waals surface area contributed by atoms with Gasteiger partial charge in [0.2, 0.25) is 0 Å². The molecule has 0 radical (unpaired) electrons. The number of hydrogen-bond acceptors (Lipinski definition) is 4. The molecule has 2 amide bonds. The van der Waals surface area contributed by atoms with Crippen LogP contribution in [0.3, 0.4) is 0 Å². The lowest BCUT2D eigenvalue weighted by atomic mass is 9.97. The smallest absolute Gasteiger partial charge is 0.444 e. The van der Waals surface area contributed by atoms with Crippen LogP contribution >= 0.6 is 0 Å². The number of nitrogens with zero attached hydrogens (tertiary/aromatic N) is 2. The van der Waals surface area contributed by atoms with Gasteiger partial charge in [-0.2, -0.15) is 0 Å². The maximum atomic E-state index is 13.0. The molecule has 2 fully saturated rings. The van der Waals surface area contributed by atoms with E-state index < -0.39 is 35.8 Å². The van der Waals surface area contributed by atoms with E-state index in [0.29, 0.717) is 5.56 Å². The molecule has 4 rings (SSSR count). The molecule has 1 aromatic carbocycles. The summed E-state index contributed by atoms with van der Waals surface area (Å²) in [5.74, 6) is -0.749. The molecule has 9 heteroatoms. The van der Waals surface area contributed by atoms with E-state index in [-0.39, 0.29) is 31.1 Å². The fourth-order valence-corrected chi connectivity index (χ4v) is 3.94. The zero-order chi connectivity index (χ0) is 21.1. The molecule has 3 aliphatic rings. The highest BCUT2D eigenvalue weighted by molar-refractivity contribution is 6.02. The summed E-state index contributed by atoms with van der Waals surface area (Å²) < 4.78 is 48.5. The SMILES string of the molecule is CC(C)(C)OC(=O)N1CCN2C(=O)c3c(OC(F)(F)F)cc(C4CC4)cc3C2C1. The van der Waals surface area contributed by atoms with Crippen LogP contribution in [0.1, 0.15) is 67.1 Å². The summed E-state index contributed by atoms with van der Waals surface area (Å²) in [4.78, 5) is 28.4. The molecule has 2 heterocycles. The molecule has 0 aromatic heterocycles. The highest BCUT2D eigenvalue weighted by Crippen LogP contribution is 2.48. The lowest BCUT2D eigenvalue weighted by molar-refractivity contribution is -0.274. The van der Waals surface area contributed by atoms with Crippen molar-refractivity contribution in [2.75, 3.05) is 19.6 Å². The number of amides is 2. The van der Waals surface area contributed by atoms with E-state index in [1.54, 1.807) is 26.8 Å². The first-order valence-corrected chi connectivity index (χ1v) is 9.65. The van der Waals surface area contributed by atoms with Crippen LogP contribution in [-0.2, 0) is 4.74 Å². The third kappa shape index (κ3) is 4.00. The van der Waals surface area contributed by atoms with E-state index in [2.05, 4.69) is 4.74 Å². The third-order valence-corrected chi connectivity index (χ3v) is 5.30. The molecule has 1 aromatic rings. The fourth-order valence-electron chi connectivity index (χ4n) is 3.94. The predicted molar refractivity (Wildman–Crippen MR) is 96.7 cm³/mol. The molecule has 6 nitrogen and oxygen atoms in total. The Morgan fingerprint density at radius 3 is 2.41 bits per heavy atom. The molecule has 1 saturated carbocycles. The number of hydrogen-bond donors (Lipinski definition) is 0. The van der Waals surface area contributed by atoms with Gasteiger partial charge in [-0.05, 0) is 56.7 Å². The lowest BCUT2D eigenvalue weighted by Crippen LogP contribution is -2.50. The molecular formula is C20H23F3N2O4. The van der Waals surface area contributed by atoms with E-state index in [0.717, 1.165) is 18.4 Å². The van der Waals surface area contributed by atoms with Gasteiger partial charge in [0.15, 0.2) is 0 Å². The van der Waals surface area contributed by atoms with Crippen molar-refractivity contribution < 1.29 is 32.2 Å². The van der Waals surface area contributed by atoms with Crippen molar-refractivity contribution >= 4 is 12.0 Å². The summed E-state index contributed by atoms with van der Waals surface area (Å²) in [6, 6.07) is 2.64. The Morgan fingerprint density at radius 2 is 1.83 bits per heavy atom. The minimum absolute atomic E-state index is 0.0530. The normalized spacial score (nSPS) is 21.7. The van der Waals surface area contributed by atoms with E-state index in [1.165, 1.54) is 15.9 Å². The van der Waals surface area contributed by atoms with Crippen molar-refractivity contribution in [2.24, 2.45) is 0 Å².